The molecule has 1 aliphatic heterocycles. The van der Waals surface area contributed by atoms with Crippen molar-refractivity contribution in [2.24, 2.45) is 0 Å². The first-order valence-electron chi connectivity index (χ1n) is 10.0. The Hall–Kier alpha value is -2.74. The van der Waals surface area contributed by atoms with Crippen LogP contribution in [0.25, 0.3) is 0 Å². The van der Waals surface area contributed by atoms with Crippen molar-refractivity contribution >= 4 is 27.3 Å². The standard InChI is InChI=1S/C22H29N3O4S/c1-17-15-18-7-4-5-8-21(18)25(17)14-6-13-23-22(26)16-29-20-11-9-19(10-12-20)24(2)30(3,27)28/h4-5,7-12,17H,6,13-16H2,1-3H3,(H,23,26). The number of fused-ring (bicyclic) bond motifs is 1. The van der Waals surface area contributed by atoms with Crippen LogP contribution in [0.2, 0.25) is 0 Å². The average Bonchev–Trinajstić information content (AvgIpc) is 3.04. The fraction of sp³-hybridized carbons (Fsp3) is 0.409. The van der Waals surface area contributed by atoms with E-state index >= 15 is 0 Å². The number of amides is 1. The van der Waals surface area contributed by atoms with Crippen molar-refractivity contribution in [2.75, 3.05) is 42.2 Å². The third-order valence-electron chi connectivity index (χ3n) is 5.31. The topological polar surface area (TPSA) is 79.0 Å². The summed E-state index contributed by atoms with van der Waals surface area (Å²) in [6.07, 6.45) is 3.07. The lowest BCUT2D eigenvalue weighted by Gasteiger charge is -2.24. The molecule has 1 N–H and O–H groups in total. The van der Waals surface area contributed by atoms with Gasteiger partial charge < -0.3 is 15.0 Å². The van der Waals surface area contributed by atoms with E-state index in [0.717, 1.165) is 25.6 Å². The SMILES string of the molecule is CC1Cc2ccccc2N1CCCNC(=O)COc1ccc(N(C)S(C)(=O)=O)cc1. The van der Waals surface area contributed by atoms with Gasteiger partial charge in [0.1, 0.15) is 5.75 Å². The number of carbonyl (C=O) groups is 1. The molecule has 0 aliphatic carbocycles. The molecule has 2 aromatic carbocycles. The maximum atomic E-state index is 12.0. The monoisotopic (exact) mass is 431 g/mol. The van der Waals surface area contributed by atoms with Crippen molar-refractivity contribution in [3.8, 4) is 5.75 Å². The molecule has 1 atom stereocenters. The first kappa shape index (κ1) is 22.0. The van der Waals surface area contributed by atoms with Crippen LogP contribution in [0.1, 0.15) is 18.9 Å². The minimum atomic E-state index is -3.31. The molecule has 0 bridgehead atoms. The molecular formula is C22H29N3O4S. The van der Waals surface area contributed by atoms with Crippen molar-refractivity contribution in [3.63, 3.8) is 0 Å². The molecule has 7 nitrogen and oxygen atoms in total. The summed E-state index contributed by atoms with van der Waals surface area (Å²) >= 11 is 0. The van der Waals surface area contributed by atoms with E-state index < -0.39 is 10.0 Å². The highest BCUT2D eigenvalue weighted by atomic mass is 32.2. The van der Waals surface area contributed by atoms with E-state index in [-0.39, 0.29) is 12.5 Å². The van der Waals surface area contributed by atoms with Crippen molar-refractivity contribution in [1.82, 2.24) is 5.32 Å². The Labute approximate surface area is 178 Å². The Morgan fingerprint density at radius 1 is 1.20 bits per heavy atom. The zero-order valence-corrected chi connectivity index (χ0v) is 18.5. The highest BCUT2D eigenvalue weighted by Gasteiger charge is 2.24. The molecule has 0 aromatic heterocycles. The van der Waals surface area contributed by atoms with E-state index in [1.165, 1.54) is 22.6 Å². The second-order valence-corrected chi connectivity index (χ2v) is 9.61. The van der Waals surface area contributed by atoms with Crippen molar-refractivity contribution in [3.05, 3.63) is 54.1 Å². The molecule has 30 heavy (non-hydrogen) atoms. The summed E-state index contributed by atoms with van der Waals surface area (Å²) in [5, 5.41) is 2.89. The highest BCUT2D eigenvalue weighted by Crippen LogP contribution is 2.31. The lowest BCUT2D eigenvalue weighted by molar-refractivity contribution is -0.123. The number of anilines is 2. The van der Waals surface area contributed by atoms with Gasteiger partial charge in [0.25, 0.3) is 5.91 Å². The second kappa shape index (κ2) is 9.38. The minimum Gasteiger partial charge on any atom is -0.484 e. The molecule has 0 spiro atoms. The van der Waals surface area contributed by atoms with Gasteiger partial charge in [-0.2, -0.15) is 0 Å². The number of nitrogens with zero attached hydrogens (tertiary/aromatic N) is 2. The van der Waals surface area contributed by atoms with Gasteiger partial charge in [-0.3, -0.25) is 9.10 Å². The predicted molar refractivity (Wildman–Crippen MR) is 120 cm³/mol. The van der Waals surface area contributed by atoms with Crippen LogP contribution in [-0.4, -0.2) is 53.4 Å². The van der Waals surface area contributed by atoms with Crippen molar-refractivity contribution < 1.29 is 17.9 Å². The Morgan fingerprint density at radius 2 is 1.90 bits per heavy atom. The molecule has 1 heterocycles. The summed E-state index contributed by atoms with van der Waals surface area (Å²) in [7, 11) is -1.82. The lowest BCUT2D eigenvalue weighted by atomic mass is 10.1. The summed E-state index contributed by atoms with van der Waals surface area (Å²) in [6.45, 7) is 3.63. The minimum absolute atomic E-state index is 0.0792. The van der Waals surface area contributed by atoms with Crippen LogP contribution in [0.3, 0.4) is 0 Å². The number of carbonyl (C=O) groups excluding carboxylic acids is 1. The predicted octanol–water partition coefficient (Wildman–Crippen LogP) is 2.42. The van der Waals surface area contributed by atoms with E-state index in [2.05, 4.69) is 41.4 Å². The summed E-state index contributed by atoms with van der Waals surface area (Å²) in [5.41, 5.74) is 3.22. The lowest BCUT2D eigenvalue weighted by Crippen LogP contribution is -2.34. The molecule has 162 valence electrons. The van der Waals surface area contributed by atoms with Gasteiger partial charge in [0.05, 0.1) is 11.9 Å². The Kier molecular flexibility index (Phi) is 6.87. The van der Waals surface area contributed by atoms with Crippen LogP contribution < -0.4 is 19.3 Å². The number of rotatable bonds is 9. The van der Waals surface area contributed by atoms with Gasteiger partial charge in [-0.25, -0.2) is 8.42 Å². The van der Waals surface area contributed by atoms with Gasteiger partial charge >= 0.3 is 0 Å². The van der Waals surface area contributed by atoms with E-state index in [9.17, 15) is 13.2 Å². The largest absolute Gasteiger partial charge is 0.484 e. The van der Waals surface area contributed by atoms with Crippen LogP contribution >= 0.6 is 0 Å². The molecule has 1 amide bonds. The molecule has 0 saturated heterocycles. The summed E-state index contributed by atoms with van der Waals surface area (Å²) in [6, 6.07) is 15.5. The molecule has 3 rings (SSSR count). The van der Waals surface area contributed by atoms with E-state index in [1.54, 1.807) is 24.3 Å². The quantitative estimate of drug-likeness (QED) is 0.617. The van der Waals surface area contributed by atoms with Crippen LogP contribution in [0, 0.1) is 0 Å². The number of nitrogens with one attached hydrogen (secondary N) is 1. The van der Waals surface area contributed by atoms with Gasteiger partial charge in [-0.15, -0.1) is 0 Å². The molecule has 0 saturated carbocycles. The first-order valence-corrected chi connectivity index (χ1v) is 11.9. The fourth-order valence-corrected chi connectivity index (χ4v) is 4.10. The Morgan fingerprint density at radius 3 is 2.60 bits per heavy atom. The molecule has 8 heteroatoms. The summed E-state index contributed by atoms with van der Waals surface area (Å²) < 4.78 is 29.8. The molecule has 1 aliphatic rings. The smallest absolute Gasteiger partial charge is 0.257 e. The highest BCUT2D eigenvalue weighted by molar-refractivity contribution is 7.92. The molecule has 0 fully saturated rings. The number of benzene rings is 2. The Bertz CT molecular complexity index is 976. The van der Waals surface area contributed by atoms with Crippen molar-refractivity contribution in [1.29, 1.82) is 0 Å². The normalized spacial score (nSPS) is 15.6. The maximum absolute atomic E-state index is 12.0. The van der Waals surface area contributed by atoms with E-state index in [1.807, 2.05) is 0 Å². The van der Waals surface area contributed by atoms with Crippen molar-refractivity contribution in [2.45, 2.75) is 25.8 Å². The van der Waals surface area contributed by atoms with Gasteiger partial charge in [0, 0.05) is 31.9 Å². The fourth-order valence-electron chi connectivity index (χ4n) is 3.59. The zero-order valence-electron chi connectivity index (χ0n) is 17.7. The van der Waals surface area contributed by atoms with Crippen LogP contribution in [-0.2, 0) is 21.2 Å². The molecular weight excluding hydrogens is 402 g/mol. The maximum Gasteiger partial charge on any atom is 0.257 e. The number of hydrogen-bond acceptors (Lipinski definition) is 5. The molecule has 1 unspecified atom stereocenters. The van der Waals surface area contributed by atoms with E-state index in [4.69, 9.17) is 4.74 Å². The van der Waals surface area contributed by atoms with Crippen LogP contribution in [0.4, 0.5) is 11.4 Å². The third-order valence-corrected chi connectivity index (χ3v) is 6.52. The van der Waals surface area contributed by atoms with Gasteiger partial charge in [0.15, 0.2) is 6.61 Å². The van der Waals surface area contributed by atoms with Crippen LogP contribution in [0.15, 0.2) is 48.5 Å². The van der Waals surface area contributed by atoms with E-state index in [0.29, 0.717) is 24.0 Å². The number of sulfonamides is 1. The molecule has 2 aromatic rings. The Balaban J connectivity index is 1.38. The first-order chi connectivity index (χ1) is 14.3. The number of hydrogen-bond donors (Lipinski definition) is 1. The van der Waals surface area contributed by atoms with Gasteiger partial charge in [-0.1, -0.05) is 18.2 Å². The van der Waals surface area contributed by atoms with Gasteiger partial charge in [-0.05, 0) is 55.7 Å². The molecule has 0 radical (unpaired) electrons. The number of para-hydroxylation sites is 1. The van der Waals surface area contributed by atoms with Gasteiger partial charge in [0.2, 0.25) is 10.0 Å². The third kappa shape index (κ3) is 5.44. The average molecular weight is 432 g/mol. The zero-order chi connectivity index (χ0) is 21.7. The van der Waals surface area contributed by atoms with Crippen LogP contribution in [0.5, 0.6) is 5.75 Å². The summed E-state index contributed by atoms with van der Waals surface area (Å²) in [4.78, 5) is 14.4. The second-order valence-electron chi connectivity index (χ2n) is 7.59. The summed E-state index contributed by atoms with van der Waals surface area (Å²) in [5.74, 6) is 0.334. The number of ether oxygens (including phenoxy) is 1.